The Morgan fingerprint density at radius 1 is 1.03 bits per heavy atom. The molecule has 3 rings (SSSR count). The molecular weight excluding hydrogens is 424 g/mol. The summed E-state index contributed by atoms with van der Waals surface area (Å²) in [5.74, 6) is -0.142. The summed E-state index contributed by atoms with van der Waals surface area (Å²) in [4.78, 5) is 14.7. The van der Waals surface area contributed by atoms with Gasteiger partial charge in [0, 0.05) is 23.1 Å². The monoisotopic (exact) mass is 445 g/mol. The van der Waals surface area contributed by atoms with E-state index in [-0.39, 0.29) is 11.5 Å². The minimum absolute atomic E-state index is 0.0469. The highest BCUT2D eigenvalue weighted by molar-refractivity contribution is 6.35. The van der Waals surface area contributed by atoms with Gasteiger partial charge in [0.05, 0.1) is 12.2 Å². The Morgan fingerprint density at radius 2 is 1.77 bits per heavy atom. The summed E-state index contributed by atoms with van der Waals surface area (Å²) in [6, 6.07) is 18.8. The van der Waals surface area contributed by atoms with Crippen molar-refractivity contribution in [3.63, 3.8) is 0 Å². The molecule has 0 heterocycles. The van der Waals surface area contributed by atoms with E-state index in [9.17, 15) is 9.18 Å². The summed E-state index contributed by atoms with van der Waals surface area (Å²) in [5.41, 5.74) is 1.84. The van der Waals surface area contributed by atoms with E-state index in [4.69, 9.17) is 27.9 Å². The van der Waals surface area contributed by atoms with E-state index in [0.29, 0.717) is 36.2 Å². The maximum Gasteiger partial charge on any atom is 0.257 e. The van der Waals surface area contributed by atoms with Gasteiger partial charge < -0.3 is 9.64 Å². The van der Waals surface area contributed by atoms with E-state index < -0.39 is 5.82 Å². The molecule has 0 aromatic heterocycles. The maximum atomic E-state index is 14.2. The number of carbonyl (C=O) groups excluding carboxylic acids is 1. The second-order valence-corrected chi connectivity index (χ2v) is 7.61. The Bertz CT molecular complexity index is 1010. The van der Waals surface area contributed by atoms with Crippen LogP contribution in [0.15, 0.2) is 66.7 Å². The number of ether oxygens (including phenoxy) is 1. The van der Waals surface area contributed by atoms with Crippen LogP contribution in [0.25, 0.3) is 0 Å². The van der Waals surface area contributed by atoms with E-state index in [2.05, 4.69) is 0 Å². The van der Waals surface area contributed by atoms with Gasteiger partial charge in [-0.05, 0) is 60.9 Å². The molecule has 0 bridgehead atoms. The molecule has 6 heteroatoms. The lowest BCUT2D eigenvalue weighted by molar-refractivity contribution is 0.0740. The van der Waals surface area contributed by atoms with Gasteiger partial charge in [0.2, 0.25) is 0 Å². The van der Waals surface area contributed by atoms with Gasteiger partial charge in [-0.3, -0.25) is 4.79 Å². The summed E-state index contributed by atoms with van der Waals surface area (Å²) in [6.07, 6.45) is 0.521. The third-order valence-electron chi connectivity index (χ3n) is 4.67. The van der Waals surface area contributed by atoms with Gasteiger partial charge in [-0.25, -0.2) is 4.39 Å². The number of nitrogens with zero attached hydrogens (tertiary/aromatic N) is 1. The summed E-state index contributed by atoms with van der Waals surface area (Å²) in [5, 5.41) is 1.10. The highest BCUT2D eigenvalue weighted by Crippen LogP contribution is 2.23. The van der Waals surface area contributed by atoms with Crippen LogP contribution in [0.3, 0.4) is 0 Å². The molecular formula is C24H22Cl2FNO2. The molecule has 0 saturated heterocycles. The molecule has 0 spiro atoms. The van der Waals surface area contributed by atoms with Crippen molar-refractivity contribution < 1.29 is 13.9 Å². The fourth-order valence-electron chi connectivity index (χ4n) is 3.12. The first kappa shape index (κ1) is 22.1. The predicted molar refractivity (Wildman–Crippen MR) is 119 cm³/mol. The van der Waals surface area contributed by atoms with Crippen LogP contribution in [0.1, 0.15) is 28.4 Å². The topological polar surface area (TPSA) is 29.5 Å². The van der Waals surface area contributed by atoms with Crippen LogP contribution in [-0.2, 0) is 13.0 Å². The van der Waals surface area contributed by atoms with Crippen molar-refractivity contribution in [2.45, 2.75) is 19.9 Å². The molecule has 0 radical (unpaired) electrons. The van der Waals surface area contributed by atoms with Crippen molar-refractivity contribution in [1.29, 1.82) is 0 Å². The Kier molecular flexibility index (Phi) is 7.72. The lowest BCUT2D eigenvalue weighted by Crippen LogP contribution is -2.33. The van der Waals surface area contributed by atoms with Crippen molar-refractivity contribution in [2.75, 3.05) is 13.2 Å². The fraction of sp³-hybridized carbons (Fsp3) is 0.208. The molecule has 0 aliphatic rings. The number of hydrogen-bond acceptors (Lipinski definition) is 2. The van der Waals surface area contributed by atoms with E-state index in [1.165, 1.54) is 12.1 Å². The minimum atomic E-state index is -0.538. The summed E-state index contributed by atoms with van der Waals surface area (Å²) in [6.45, 7) is 3.22. The third-order valence-corrected chi connectivity index (χ3v) is 5.25. The Hall–Kier alpha value is -2.56. The molecule has 0 unspecified atom stereocenters. The average molecular weight is 446 g/mol. The van der Waals surface area contributed by atoms with Gasteiger partial charge in [-0.1, -0.05) is 53.5 Å². The summed E-state index contributed by atoms with van der Waals surface area (Å²) >= 11 is 12.2. The maximum absolute atomic E-state index is 14.2. The van der Waals surface area contributed by atoms with Gasteiger partial charge in [-0.2, -0.15) is 0 Å². The second kappa shape index (κ2) is 10.5. The second-order valence-electron chi connectivity index (χ2n) is 6.77. The molecule has 0 aliphatic carbocycles. The van der Waals surface area contributed by atoms with E-state index in [1.54, 1.807) is 29.2 Å². The molecule has 0 atom stereocenters. The van der Waals surface area contributed by atoms with Crippen LogP contribution in [0.5, 0.6) is 5.75 Å². The van der Waals surface area contributed by atoms with Crippen molar-refractivity contribution >= 4 is 29.1 Å². The highest BCUT2D eigenvalue weighted by atomic mass is 35.5. The van der Waals surface area contributed by atoms with Crippen LogP contribution < -0.4 is 4.74 Å². The predicted octanol–water partition coefficient (Wildman–Crippen LogP) is 6.42. The van der Waals surface area contributed by atoms with Crippen LogP contribution in [-0.4, -0.2) is 24.0 Å². The smallest absolute Gasteiger partial charge is 0.257 e. The highest BCUT2D eigenvalue weighted by Gasteiger charge is 2.20. The zero-order valence-electron chi connectivity index (χ0n) is 16.6. The minimum Gasteiger partial charge on any atom is -0.494 e. The standard InChI is InChI=1S/C24H22Cl2FNO2/c1-2-30-20-11-7-17(8-12-20)16-28(24(29)21-5-3-4-6-23(21)27)14-13-18-9-10-19(25)15-22(18)26/h3-12,15H,2,13-14,16H2,1H3. The summed E-state index contributed by atoms with van der Waals surface area (Å²) in [7, 11) is 0. The first-order valence-electron chi connectivity index (χ1n) is 9.67. The number of benzene rings is 3. The average Bonchev–Trinajstić information content (AvgIpc) is 2.73. The van der Waals surface area contributed by atoms with Gasteiger partial charge in [0.15, 0.2) is 0 Å². The molecule has 3 aromatic carbocycles. The van der Waals surface area contributed by atoms with E-state index in [1.807, 2.05) is 37.3 Å². The Morgan fingerprint density at radius 3 is 2.43 bits per heavy atom. The lowest BCUT2D eigenvalue weighted by atomic mass is 10.1. The zero-order chi connectivity index (χ0) is 21.5. The molecule has 3 nitrogen and oxygen atoms in total. The third kappa shape index (κ3) is 5.74. The number of carbonyl (C=O) groups is 1. The normalized spacial score (nSPS) is 10.7. The quantitative estimate of drug-likeness (QED) is 0.400. The first-order chi connectivity index (χ1) is 14.5. The van der Waals surface area contributed by atoms with E-state index >= 15 is 0 Å². The lowest BCUT2D eigenvalue weighted by Gasteiger charge is -2.24. The molecule has 156 valence electrons. The molecule has 0 fully saturated rings. The van der Waals surface area contributed by atoms with Gasteiger partial charge in [0.1, 0.15) is 11.6 Å². The van der Waals surface area contributed by atoms with Crippen molar-refractivity contribution in [1.82, 2.24) is 4.90 Å². The number of rotatable bonds is 8. The van der Waals surface area contributed by atoms with Crippen LogP contribution in [0, 0.1) is 5.82 Å². The van der Waals surface area contributed by atoms with E-state index in [0.717, 1.165) is 16.9 Å². The molecule has 0 N–H and O–H groups in total. The Balaban J connectivity index is 1.82. The van der Waals surface area contributed by atoms with Crippen molar-refractivity contribution in [3.05, 3.63) is 99.3 Å². The molecule has 3 aromatic rings. The SMILES string of the molecule is CCOc1ccc(CN(CCc2ccc(Cl)cc2Cl)C(=O)c2ccccc2F)cc1. The van der Waals surface area contributed by atoms with Gasteiger partial charge >= 0.3 is 0 Å². The molecule has 1 amide bonds. The van der Waals surface area contributed by atoms with Crippen molar-refractivity contribution in [2.24, 2.45) is 0 Å². The van der Waals surface area contributed by atoms with Gasteiger partial charge in [-0.15, -0.1) is 0 Å². The van der Waals surface area contributed by atoms with Gasteiger partial charge in [0.25, 0.3) is 5.91 Å². The molecule has 30 heavy (non-hydrogen) atoms. The first-order valence-corrected chi connectivity index (χ1v) is 10.4. The molecule has 0 saturated carbocycles. The number of hydrogen-bond donors (Lipinski definition) is 0. The molecule has 0 aliphatic heterocycles. The number of halogens is 3. The van der Waals surface area contributed by atoms with Crippen molar-refractivity contribution in [3.8, 4) is 5.75 Å². The fourth-order valence-corrected chi connectivity index (χ4v) is 3.62. The Labute approximate surface area is 186 Å². The van der Waals surface area contributed by atoms with Crippen LogP contribution in [0.2, 0.25) is 10.0 Å². The summed E-state index contributed by atoms with van der Waals surface area (Å²) < 4.78 is 19.7. The van der Waals surface area contributed by atoms with Crippen LogP contribution >= 0.6 is 23.2 Å². The van der Waals surface area contributed by atoms with Crippen LogP contribution in [0.4, 0.5) is 4.39 Å². The zero-order valence-corrected chi connectivity index (χ0v) is 18.1. The largest absolute Gasteiger partial charge is 0.494 e. The number of amides is 1.